The second-order valence-corrected chi connectivity index (χ2v) is 6.88. The van der Waals surface area contributed by atoms with E-state index < -0.39 is 46.6 Å². The molecule has 31 heavy (non-hydrogen) atoms. The Balaban J connectivity index is 1.74. The van der Waals surface area contributed by atoms with Crippen molar-refractivity contribution in [2.24, 2.45) is 0 Å². The number of carbonyl (C=O) groups excluding carboxylic acids is 3. The minimum Gasteiger partial charge on any atom is -0.325 e. The minimum atomic E-state index is -4.60. The van der Waals surface area contributed by atoms with E-state index in [2.05, 4.69) is 10.6 Å². The molecule has 0 saturated carbocycles. The summed E-state index contributed by atoms with van der Waals surface area (Å²) in [6, 6.07) is 7.98. The second-order valence-electron chi connectivity index (χ2n) is 6.88. The number of hydrogen-bond acceptors (Lipinski definition) is 5. The highest BCUT2D eigenvalue weighted by Gasteiger charge is 2.49. The van der Waals surface area contributed by atoms with Crippen LogP contribution in [0.3, 0.4) is 0 Å². The maximum atomic E-state index is 12.8. The minimum absolute atomic E-state index is 0.148. The van der Waals surface area contributed by atoms with Gasteiger partial charge in [0.05, 0.1) is 10.5 Å². The van der Waals surface area contributed by atoms with Gasteiger partial charge in [0.25, 0.3) is 11.6 Å². The van der Waals surface area contributed by atoms with Crippen LogP contribution in [0.2, 0.25) is 0 Å². The van der Waals surface area contributed by atoms with Gasteiger partial charge in [-0.05, 0) is 42.8 Å². The summed E-state index contributed by atoms with van der Waals surface area (Å²) in [6.45, 7) is 0.641. The highest BCUT2D eigenvalue weighted by Crippen LogP contribution is 2.31. The van der Waals surface area contributed by atoms with Crippen LogP contribution in [0.1, 0.15) is 18.1 Å². The van der Waals surface area contributed by atoms with Crippen LogP contribution >= 0.6 is 0 Å². The van der Waals surface area contributed by atoms with Gasteiger partial charge in [-0.25, -0.2) is 4.79 Å². The Morgan fingerprint density at radius 1 is 1.19 bits per heavy atom. The Hall–Kier alpha value is -3.96. The summed E-state index contributed by atoms with van der Waals surface area (Å²) in [5, 5.41) is 15.4. The molecule has 0 aromatic heterocycles. The first-order valence-corrected chi connectivity index (χ1v) is 8.78. The predicted molar refractivity (Wildman–Crippen MR) is 101 cm³/mol. The maximum absolute atomic E-state index is 12.8. The van der Waals surface area contributed by atoms with E-state index >= 15 is 0 Å². The maximum Gasteiger partial charge on any atom is 0.416 e. The Morgan fingerprint density at radius 3 is 2.42 bits per heavy atom. The van der Waals surface area contributed by atoms with Crippen LogP contribution in [0, 0.1) is 10.1 Å². The number of anilines is 1. The van der Waals surface area contributed by atoms with Gasteiger partial charge < -0.3 is 10.6 Å². The smallest absolute Gasteiger partial charge is 0.325 e. The van der Waals surface area contributed by atoms with Crippen molar-refractivity contribution in [3.63, 3.8) is 0 Å². The number of rotatable bonds is 5. The average Bonchev–Trinajstić information content (AvgIpc) is 2.91. The zero-order valence-electron chi connectivity index (χ0n) is 15.9. The van der Waals surface area contributed by atoms with E-state index in [-0.39, 0.29) is 16.9 Å². The lowest BCUT2D eigenvalue weighted by Crippen LogP contribution is -2.42. The number of benzene rings is 2. The molecule has 2 aromatic rings. The van der Waals surface area contributed by atoms with Crippen LogP contribution in [0.5, 0.6) is 0 Å². The lowest BCUT2D eigenvalue weighted by molar-refractivity contribution is -0.384. The van der Waals surface area contributed by atoms with E-state index in [4.69, 9.17) is 0 Å². The molecule has 162 valence electrons. The number of nitro benzene ring substituents is 1. The third-order valence-electron chi connectivity index (χ3n) is 4.71. The number of nitrogens with one attached hydrogen (secondary N) is 2. The number of carbonyl (C=O) groups is 3. The summed E-state index contributed by atoms with van der Waals surface area (Å²) in [4.78, 5) is 48.1. The fourth-order valence-electron chi connectivity index (χ4n) is 3.07. The van der Waals surface area contributed by atoms with E-state index in [1.165, 1.54) is 37.3 Å². The molecule has 4 amide bonds. The summed E-state index contributed by atoms with van der Waals surface area (Å²) < 4.78 is 38.4. The molecule has 0 radical (unpaired) electrons. The zero-order chi connectivity index (χ0) is 23.0. The molecule has 1 aliphatic heterocycles. The van der Waals surface area contributed by atoms with Crippen molar-refractivity contribution < 1.29 is 32.5 Å². The Bertz CT molecular complexity index is 1070. The summed E-state index contributed by atoms with van der Waals surface area (Å²) in [5.74, 6) is -1.67. The van der Waals surface area contributed by atoms with E-state index in [1.807, 2.05) is 0 Å². The Kier molecular flexibility index (Phi) is 5.40. The molecule has 1 heterocycles. The molecule has 0 bridgehead atoms. The molecule has 0 spiro atoms. The number of alkyl halides is 3. The number of amides is 4. The molecule has 1 fully saturated rings. The van der Waals surface area contributed by atoms with Gasteiger partial charge in [0, 0.05) is 17.8 Å². The van der Waals surface area contributed by atoms with Gasteiger partial charge >= 0.3 is 12.2 Å². The monoisotopic (exact) mass is 436 g/mol. The fraction of sp³-hybridized carbons (Fsp3) is 0.211. The van der Waals surface area contributed by atoms with Crippen LogP contribution in [0.15, 0.2) is 48.5 Å². The Morgan fingerprint density at radius 2 is 1.84 bits per heavy atom. The normalized spacial score (nSPS) is 18.6. The average molecular weight is 436 g/mol. The SMILES string of the molecule is CC1(c2ccc([N+](=O)[O-])cc2)NC(=O)N(CC(=O)Nc2cccc(C(F)(F)F)c2)C1=O. The highest BCUT2D eigenvalue weighted by molar-refractivity contribution is 6.10. The largest absolute Gasteiger partial charge is 0.416 e. The molecule has 1 saturated heterocycles. The van der Waals surface area contributed by atoms with Gasteiger partial charge in [-0.1, -0.05) is 6.07 Å². The lowest BCUT2D eigenvalue weighted by Gasteiger charge is -2.22. The lowest BCUT2D eigenvalue weighted by atomic mass is 9.92. The van der Waals surface area contributed by atoms with Crippen molar-refractivity contribution in [3.05, 3.63) is 69.8 Å². The van der Waals surface area contributed by atoms with Gasteiger partial charge in [-0.2, -0.15) is 13.2 Å². The molecule has 1 atom stereocenters. The molecule has 2 aromatic carbocycles. The first-order chi connectivity index (χ1) is 14.4. The Labute approximate surface area is 173 Å². The van der Waals surface area contributed by atoms with E-state index in [0.29, 0.717) is 4.90 Å². The molecule has 12 heteroatoms. The number of non-ortho nitro benzene ring substituents is 1. The molecule has 2 N–H and O–H groups in total. The zero-order valence-corrected chi connectivity index (χ0v) is 15.9. The van der Waals surface area contributed by atoms with Gasteiger partial charge in [-0.3, -0.25) is 24.6 Å². The van der Waals surface area contributed by atoms with Crippen LogP contribution < -0.4 is 10.6 Å². The molecular weight excluding hydrogens is 421 g/mol. The summed E-state index contributed by atoms with van der Waals surface area (Å²) in [6.07, 6.45) is -4.60. The van der Waals surface area contributed by atoms with Crippen LogP contribution in [0.4, 0.5) is 29.3 Å². The molecular formula is C19H15F3N4O5. The summed E-state index contributed by atoms with van der Waals surface area (Å²) in [7, 11) is 0. The standard InChI is InChI=1S/C19H15F3N4O5/c1-18(11-5-7-14(8-6-11)26(30)31)16(28)25(17(29)24-18)10-15(27)23-13-4-2-3-12(9-13)19(20,21)22/h2-9H,10H2,1H3,(H,23,27)(H,24,29). The van der Waals surface area contributed by atoms with E-state index in [9.17, 15) is 37.7 Å². The topological polar surface area (TPSA) is 122 Å². The molecule has 1 unspecified atom stereocenters. The fourth-order valence-corrected chi connectivity index (χ4v) is 3.07. The third kappa shape index (κ3) is 4.32. The first kappa shape index (κ1) is 21.7. The van der Waals surface area contributed by atoms with Crippen molar-refractivity contribution in [3.8, 4) is 0 Å². The van der Waals surface area contributed by atoms with Gasteiger partial charge in [0.2, 0.25) is 5.91 Å². The van der Waals surface area contributed by atoms with Crippen LogP contribution in [-0.4, -0.2) is 34.2 Å². The van der Waals surface area contributed by atoms with Gasteiger partial charge in [0.1, 0.15) is 12.1 Å². The first-order valence-electron chi connectivity index (χ1n) is 8.78. The number of halogens is 3. The molecule has 9 nitrogen and oxygen atoms in total. The molecule has 1 aliphatic rings. The number of hydrogen-bond donors (Lipinski definition) is 2. The number of imide groups is 1. The summed E-state index contributed by atoms with van der Waals surface area (Å²) in [5.41, 5.74) is -2.63. The number of nitrogens with zero attached hydrogens (tertiary/aromatic N) is 2. The second kappa shape index (κ2) is 7.70. The third-order valence-corrected chi connectivity index (χ3v) is 4.71. The van der Waals surface area contributed by atoms with Gasteiger partial charge in [0.15, 0.2) is 0 Å². The highest BCUT2D eigenvalue weighted by atomic mass is 19.4. The predicted octanol–water partition coefficient (Wildman–Crippen LogP) is 3.02. The van der Waals surface area contributed by atoms with Crippen LogP contribution in [0.25, 0.3) is 0 Å². The number of urea groups is 1. The van der Waals surface area contributed by atoms with Gasteiger partial charge in [-0.15, -0.1) is 0 Å². The van der Waals surface area contributed by atoms with E-state index in [1.54, 1.807) is 0 Å². The molecule has 3 rings (SSSR count). The van der Waals surface area contributed by atoms with Crippen LogP contribution in [-0.2, 0) is 21.3 Å². The van der Waals surface area contributed by atoms with Crippen molar-refractivity contribution in [2.45, 2.75) is 18.6 Å². The van der Waals surface area contributed by atoms with Crippen molar-refractivity contribution >= 4 is 29.2 Å². The summed E-state index contributed by atoms with van der Waals surface area (Å²) >= 11 is 0. The van der Waals surface area contributed by atoms with Crippen molar-refractivity contribution in [1.29, 1.82) is 0 Å². The molecule has 0 aliphatic carbocycles. The quantitative estimate of drug-likeness (QED) is 0.424. The number of nitro groups is 1. The van der Waals surface area contributed by atoms with Crippen molar-refractivity contribution in [1.82, 2.24) is 10.2 Å². The van der Waals surface area contributed by atoms with Crippen molar-refractivity contribution in [2.75, 3.05) is 11.9 Å². The van der Waals surface area contributed by atoms with E-state index in [0.717, 1.165) is 18.2 Å².